The van der Waals surface area contributed by atoms with E-state index in [0.29, 0.717) is 0 Å². The molecule has 4 heteroatoms. The predicted molar refractivity (Wildman–Crippen MR) is 130 cm³/mol. The Hall–Kier alpha value is -0.660. The second-order valence-corrected chi connectivity index (χ2v) is 24.0. The van der Waals surface area contributed by atoms with Crippen LogP contribution in [0.25, 0.3) is 17.2 Å². The van der Waals surface area contributed by atoms with Crippen LogP contribution in [0.3, 0.4) is 0 Å². The van der Waals surface area contributed by atoms with E-state index in [9.17, 15) is 0 Å². The SMILES string of the molecule is CCCCCC.C[SiH2][Zr+2]([C]1=CC=CC1)[CH]1C=Cc2c(-c3ccccc3)cccc21.[Cl-].[Cl-]. The smallest absolute Gasteiger partial charge is 1.00 e. The van der Waals surface area contributed by atoms with Crippen LogP contribution in [0, 0.1) is 0 Å². The Morgan fingerprint density at radius 1 is 0.935 bits per heavy atom. The van der Waals surface area contributed by atoms with Gasteiger partial charge in [-0.1, -0.05) is 39.5 Å². The van der Waals surface area contributed by atoms with E-state index < -0.39 is 20.9 Å². The summed E-state index contributed by atoms with van der Waals surface area (Å²) < 4.78 is 2.62. The van der Waals surface area contributed by atoms with Crippen LogP contribution in [0.1, 0.15) is 60.7 Å². The largest absolute Gasteiger partial charge is 1.00 e. The topological polar surface area (TPSA) is 0 Å². The Kier molecular flexibility index (Phi) is 13.9. The quantitative estimate of drug-likeness (QED) is 0.364. The number of benzene rings is 2. The maximum atomic E-state index is 2.54. The van der Waals surface area contributed by atoms with E-state index in [-0.39, 0.29) is 31.5 Å². The third-order valence-corrected chi connectivity index (χ3v) is 23.6. The second-order valence-electron chi connectivity index (χ2n) is 7.92. The molecule has 1 atom stereocenters. The number of unbranched alkanes of at least 4 members (excludes halogenated alkanes) is 3. The van der Waals surface area contributed by atoms with Crippen LogP contribution in [-0.4, -0.2) is 6.65 Å². The molecule has 0 radical (unpaired) electrons. The first-order valence-corrected chi connectivity index (χ1v) is 21.4. The molecular weight excluding hydrogens is 515 g/mol. The summed E-state index contributed by atoms with van der Waals surface area (Å²) >= 11 is -1.47. The van der Waals surface area contributed by atoms with E-state index in [0.717, 1.165) is 3.63 Å². The van der Waals surface area contributed by atoms with Gasteiger partial charge in [0.25, 0.3) is 0 Å². The van der Waals surface area contributed by atoms with E-state index in [1.165, 1.54) is 48.8 Å². The fraction of sp³-hybridized carbons (Fsp3) is 0.333. The maximum Gasteiger partial charge on any atom is -1.00 e. The van der Waals surface area contributed by atoms with Gasteiger partial charge in [0, 0.05) is 0 Å². The minimum absolute atomic E-state index is 0. The summed E-state index contributed by atoms with van der Waals surface area (Å²) in [4.78, 5) is 0. The Balaban J connectivity index is 0.000000535. The minimum Gasteiger partial charge on any atom is -1.00 e. The van der Waals surface area contributed by atoms with Gasteiger partial charge < -0.3 is 24.8 Å². The van der Waals surface area contributed by atoms with Crippen molar-refractivity contribution in [3.8, 4) is 11.1 Å². The average molecular weight is 550 g/mol. The van der Waals surface area contributed by atoms with Gasteiger partial charge in [-0.2, -0.15) is 0 Å². The molecule has 0 aliphatic heterocycles. The van der Waals surface area contributed by atoms with Crippen LogP contribution in [0.5, 0.6) is 0 Å². The van der Waals surface area contributed by atoms with Crippen LogP contribution >= 0.6 is 0 Å². The summed E-state index contributed by atoms with van der Waals surface area (Å²) in [5.41, 5.74) is 5.84. The molecule has 2 aliphatic carbocycles. The number of allylic oxidation sites excluding steroid dienone is 5. The molecule has 0 heterocycles. The van der Waals surface area contributed by atoms with Crippen molar-refractivity contribution in [2.75, 3.05) is 0 Å². The van der Waals surface area contributed by atoms with Crippen molar-refractivity contribution in [3.63, 3.8) is 0 Å². The molecule has 0 amide bonds. The van der Waals surface area contributed by atoms with Crippen LogP contribution < -0.4 is 24.8 Å². The van der Waals surface area contributed by atoms with Crippen molar-refractivity contribution < 1.29 is 45.7 Å². The Morgan fingerprint density at radius 3 is 2.23 bits per heavy atom. The summed E-state index contributed by atoms with van der Waals surface area (Å²) in [5.74, 6) is 0. The summed E-state index contributed by atoms with van der Waals surface area (Å²) in [6.45, 7) is 7.10. The number of rotatable bonds is 7. The Morgan fingerprint density at radius 2 is 1.65 bits per heavy atom. The van der Waals surface area contributed by atoms with Crippen molar-refractivity contribution >= 4 is 12.7 Å². The first-order valence-electron chi connectivity index (χ1n) is 11.4. The number of hydrogen-bond donors (Lipinski definition) is 0. The number of halogens is 2. The zero-order chi connectivity index (χ0) is 20.5. The summed E-state index contributed by atoms with van der Waals surface area (Å²) in [6, 6.07) is 17.8. The molecule has 0 saturated heterocycles. The van der Waals surface area contributed by atoms with E-state index in [1.54, 1.807) is 5.56 Å². The maximum absolute atomic E-state index is 2.54. The molecule has 0 saturated carbocycles. The number of hydrogen-bond acceptors (Lipinski definition) is 0. The van der Waals surface area contributed by atoms with Gasteiger partial charge in [0.05, 0.1) is 0 Å². The standard InChI is InChI=1S/C15H11.C6H14.C5H5.CH5Si.2ClH.Zr/c1-2-6-12(7-3-1)14-10-4-8-13-9-5-11-15(13)14;1-3-5-6-4-2;1-2-4-5-3-1;1-2;;;/h1-11H;3-6H2,1-2H3;1-3H,4H2;2H2,1H3;2*1H;/q;;;;;;+2/p-2. The first kappa shape index (κ1) is 28.4. The third kappa shape index (κ3) is 7.43. The summed E-state index contributed by atoms with van der Waals surface area (Å²) in [7, 11) is 0. The van der Waals surface area contributed by atoms with Crippen molar-refractivity contribution in [2.45, 2.75) is 56.1 Å². The Bertz CT molecular complexity index is 870. The molecule has 165 valence electrons. The third-order valence-electron chi connectivity index (χ3n) is 5.91. The van der Waals surface area contributed by atoms with Gasteiger partial charge in [-0.25, -0.2) is 0 Å². The van der Waals surface area contributed by atoms with Crippen molar-refractivity contribution in [3.05, 3.63) is 87.2 Å². The minimum atomic E-state index is -1.47. The summed E-state index contributed by atoms with van der Waals surface area (Å²) in [6.07, 6.45) is 18.8. The molecule has 0 nitrogen and oxygen atoms in total. The molecule has 0 spiro atoms. The molecule has 0 bridgehead atoms. The monoisotopic (exact) mass is 547 g/mol. The van der Waals surface area contributed by atoms with Gasteiger partial charge in [0.15, 0.2) is 0 Å². The van der Waals surface area contributed by atoms with Crippen LogP contribution in [-0.2, 0) is 20.9 Å². The van der Waals surface area contributed by atoms with E-state index in [2.05, 4.69) is 99.3 Å². The van der Waals surface area contributed by atoms with Crippen LogP contribution in [0.4, 0.5) is 0 Å². The number of fused-ring (bicyclic) bond motifs is 1. The molecule has 0 N–H and O–H groups in total. The fourth-order valence-electron chi connectivity index (χ4n) is 4.34. The van der Waals surface area contributed by atoms with Crippen LogP contribution in [0.2, 0.25) is 6.55 Å². The molecule has 31 heavy (non-hydrogen) atoms. The van der Waals surface area contributed by atoms with Gasteiger partial charge in [-0.05, 0) is 0 Å². The van der Waals surface area contributed by atoms with Gasteiger partial charge in [0.1, 0.15) is 0 Å². The van der Waals surface area contributed by atoms with Crippen molar-refractivity contribution in [1.29, 1.82) is 0 Å². The van der Waals surface area contributed by atoms with E-state index in [1.807, 2.05) is 3.28 Å². The first-order chi connectivity index (χ1) is 14.3. The zero-order valence-corrected chi connectivity index (χ0v) is 24.5. The summed E-state index contributed by atoms with van der Waals surface area (Å²) in [5, 5.41) is 0. The molecule has 2 aromatic rings. The van der Waals surface area contributed by atoms with Gasteiger partial charge in [-0.15, -0.1) is 0 Å². The molecule has 0 aromatic heterocycles. The Labute approximate surface area is 211 Å². The van der Waals surface area contributed by atoms with E-state index in [4.69, 9.17) is 0 Å². The van der Waals surface area contributed by atoms with Gasteiger partial charge >= 0.3 is 149 Å². The van der Waals surface area contributed by atoms with Crippen molar-refractivity contribution in [1.82, 2.24) is 0 Å². The molecular formula is C27H35Cl2SiZr. The molecule has 1 unspecified atom stereocenters. The fourth-order valence-corrected chi connectivity index (χ4v) is 20.5. The van der Waals surface area contributed by atoms with Gasteiger partial charge in [0.2, 0.25) is 0 Å². The molecule has 2 aromatic carbocycles. The van der Waals surface area contributed by atoms with Crippen LogP contribution in [0.15, 0.2) is 76.1 Å². The van der Waals surface area contributed by atoms with Crippen molar-refractivity contribution in [2.24, 2.45) is 0 Å². The zero-order valence-electron chi connectivity index (χ0n) is 19.1. The predicted octanol–water partition coefficient (Wildman–Crippen LogP) is 1.61. The normalized spacial score (nSPS) is 15.6. The molecule has 2 aliphatic rings. The molecule has 4 rings (SSSR count). The van der Waals surface area contributed by atoms with E-state index >= 15 is 0 Å². The molecule has 0 fully saturated rings. The average Bonchev–Trinajstić information content (AvgIpc) is 3.45. The van der Waals surface area contributed by atoms with Gasteiger partial charge in [-0.3, -0.25) is 0 Å². The second kappa shape index (κ2) is 15.2.